The Morgan fingerprint density at radius 1 is 2.00 bits per heavy atom. The molecule has 0 aromatic carbocycles. The fourth-order valence-electron chi connectivity index (χ4n) is 0.0299. The molecule has 0 bridgehead atoms. The fraction of sp³-hybridized carbons (Fsp3) is 0.750. The Hall–Kier alpha value is -0.620. The van der Waals surface area contributed by atoms with Crippen LogP contribution >= 0.6 is 0 Å². The summed E-state index contributed by atoms with van der Waals surface area (Å²) in [6.07, 6.45) is 0. The highest BCUT2D eigenvalue weighted by Crippen LogP contribution is 1.94. The predicted molar refractivity (Wildman–Crippen MR) is 24.2 cm³/mol. The van der Waals surface area contributed by atoms with Crippen molar-refractivity contribution >= 4 is 0 Å². The van der Waals surface area contributed by atoms with Crippen LogP contribution in [-0.2, 0) is 0 Å². The van der Waals surface area contributed by atoms with Gasteiger partial charge < -0.3 is 5.73 Å². The Labute approximate surface area is 41.7 Å². The van der Waals surface area contributed by atoms with Crippen molar-refractivity contribution in [2.24, 2.45) is 5.73 Å². The number of halogens is 1. The van der Waals surface area contributed by atoms with Crippen LogP contribution in [0.1, 0.15) is 6.92 Å². The second-order valence-corrected chi connectivity index (χ2v) is 1.66. The molecule has 1 atom stereocenters. The van der Waals surface area contributed by atoms with E-state index in [1.165, 1.54) is 6.92 Å². The van der Waals surface area contributed by atoms with Gasteiger partial charge in [-0.1, -0.05) is 0 Å². The van der Waals surface area contributed by atoms with Crippen LogP contribution < -0.4 is 5.73 Å². The van der Waals surface area contributed by atoms with Crippen molar-refractivity contribution in [2.45, 2.75) is 12.5 Å². The smallest absolute Gasteiger partial charge is 0.130 e. The number of hydrogen-bond donors (Lipinski definition) is 1. The number of nitriles is 1. The third-order valence-corrected chi connectivity index (χ3v) is 0.533. The van der Waals surface area contributed by atoms with Gasteiger partial charge in [0, 0.05) is 0 Å². The van der Waals surface area contributed by atoms with Crippen molar-refractivity contribution in [1.29, 1.82) is 5.26 Å². The number of alkyl halides is 1. The molecule has 0 amide bonds. The van der Waals surface area contributed by atoms with Gasteiger partial charge >= 0.3 is 0 Å². The van der Waals surface area contributed by atoms with E-state index in [1.807, 2.05) is 0 Å². The van der Waals surface area contributed by atoms with Gasteiger partial charge in [-0.3, -0.25) is 0 Å². The third-order valence-electron chi connectivity index (χ3n) is 0.533. The van der Waals surface area contributed by atoms with Gasteiger partial charge in [0.25, 0.3) is 0 Å². The highest BCUT2D eigenvalue weighted by Gasteiger charge is 2.15. The number of rotatable bonds is 1. The molecule has 2 nitrogen and oxygen atoms in total. The van der Waals surface area contributed by atoms with Crippen LogP contribution in [0.25, 0.3) is 0 Å². The first-order chi connectivity index (χ1) is 3.12. The van der Waals surface area contributed by atoms with Crippen LogP contribution in [0.5, 0.6) is 0 Å². The van der Waals surface area contributed by atoms with E-state index in [-0.39, 0.29) is 0 Å². The maximum Gasteiger partial charge on any atom is 0.130 e. The van der Waals surface area contributed by atoms with Crippen LogP contribution in [0.15, 0.2) is 0 Å². The maximum absolute atomic E-state index is 11.4. The molecule has 2 N–H and O–H groups in total. The van der Waals surface area contributed by atoms with Crippen LogP contribution in [0.3, 0.4) is 0 Å². The third kappa shape index (κ3) is 2.12. The molecule has 40 valence electrons. The molecule has 0 saturated carbocycles. The molecule has 0 fully saturated rings. The molecule has 0 aliphatic carbocycles. The number of nitrogens with zero attached hydrogens (tertiary/aromatic N) is 1. The van der Waals surface area contributed by atoms with E-state index in [1.54, 1.807) is 6.07 Å². The van der Waals surface area contributed by atoms with Crippen molar-refractivity contribution in [2.75, 3.05) is 6.67 Å². The molecule has 0 aromatic heterocycles. The van der Waals surface area contributed by atoms with Gasteiger partial charge in [0.1, 0.15) is 12.2 Å². The Kier molecular flexibility index (Phi) is 1.73. The van der Waals surface area contributed by atoms with Gasteiger partial charge in [-0.15, -0.1) is 0 Å². The van der Waals surface area contributed by atoms with Crippen LogP contribution in [0.2, 0.25) is 0 Å². The Morgan fingerprint density at radius 3 is 2.43 bits per heavy atom. The lowest BCUT2D eigenvalue weighted by molar-refractivity contribution is 0.390. The zero-order valence-electron chi connectivity index (χ0n) is 4.11. The monoisotopic (exact) mass is 102 g/mol. The first-order valence-corrected chi connectivity index (χ1v) is 1.88. The fourth-order valence-corrected chi connectivity index (χ4v) is 0.0299. The number of hydrogen-bond acceptors (Lipinski definition) is 2. The lowest BCUT2D eigenvalue weighted by Crippen LogP contribution is -2.36. The molecular weight excluding hydrogens is 95.1 g/mol. The molecule has 0 rings (SSSR count). The van der Waals surface area contributed by atoms with Crippen LogP contribution in [0, 0.1) is 11.3 Å². The molecule has 0 aliphatic heterocycles. The normalized spacial score (nSPS) is 17.4. The topological polar surface area (TPSA) is 49.8 Å². The summed E-state index contributed by atoms with van der Waals surface area (Å²) in [4.78, 5) is 0. The summed E-state index contributed by atoms with van der Waals surface area (Å²) in [5.74, 6) is 0. The van der Waals surface area contributed by atoms with Gasteiger partial charge in [0.05, 0.1) is 6.07 Å². The summed E-state index contributed by atoms with van der Waals surface area (Å²) in [7, 11) is 0. The van der Waals surface area contributed by atoms with Crippen molar-refractivity contribution in [1.82, 2.24) is 0 Å². The average Bonchev–Trinajstić information content (AvgIpc) is 1.68. The summed E-state index contributed by atoms with van der Waals surface area (Å²) in [5.41, 5.74) is 3.70. The van der Waals surface area contributed by atoms with Crippen molar-refractivity contribution in [3.8, 4) is 6.07 Å². The zero-order valence-corrected chi connectivity index (χ0v) is 4.11. The molecule has 0 aromatic rings. The van der Waals surface area contributed by atoms with Crippen LogP contribution in [-0.4, -0.2) is 12.2 Å². The minimum Gasteiger partial charge on any atom is -0.311 e. The molecule has 1 unspecified atom stereocenters. The SMILES string of the molecule is CC(N)(C#N)CF. The van der Waals surface area contributed by atoms with Gasteiger partial charge in [-0.25, -0.2) is 4.39 Å². The number of nitrogens with two attached hydrogens (primary N) is 1. The first-order valence-electron chi connectivity index (χ1n) is 1.88. The second-order valence-electron chi connectivity index (χ2n) is 1.66. The largest absolute Gasteiger partial charge is 0.311 e. The molecule has 3 heteroatoms. The summed E-state index contributed by atoms with van der Waals surface area (Å²) in [6.45, 7) is 0.552. The van der Waals surface area contributed by atoms with Gasteiger partial charge in [-0.05, 0) is 6.92 Å². The van der Waals surface area contributed by atoms with E-state index < -0.39 is 12.2 Å². The minimum absolute atomic E-state index is 0.788. The highest BCUT2D eigenvalue weighted by molar-refractivity contribution is 5.00. The van der Waals surface area contributed by atoms with Crippen molar-refractivity contribution < 1.29 is 4.39 Å². The van der Waals surface area contributed by atoms with E-state index in [9.17, 15) is 4.39 Å². The van der Waals surface area contributed by atoms with E-state index in [0.717, 1.165) is 0 Å². The van der Waals surface area contributed by atoms with E-state index in [0.29, 0.717) is 0 Å². The van der Waals surface area contributed by atoms with Crippen molar-refractivity contribution in [3.63, 3.8) is 0 Å². The predicted octanol–water partition coefficient (Wildman–Crippen LogP) is 0.197. The van der Waals surface area contributed by atoms with E-state index in [2.05, 4.69) is 0 Å². The van der Waals surface area contributed by atoms with E-state index >= 15 is 0 Å². The van der Waals surface area contributed by atoms with Gasteiger partial charge in [-0.2, -0.15) is 5.26 Å². The van der Waals surface area contributed by atoms with E-state index in [4.69, 9.17) is 11.0 Å². The Balaban J connectivity index is 3.66. The molecule has 7 heavy (non-hydrogen) atoms. The molecule has 0 heterocycles. The molecule has 0 radical (unpaired) electrons. The zero-order chi connectivity index (χ0) is 5.91. The van der Waals surface area contributed by atoms with Crippen molar-refractivity contribution in [3.05, 3.63) is 0 Å². The molecular formula is C4H7FN2. The minimum atomic E-state index is -1.28. The van der Waals surface area contributed by atoms with Gasteiger partial charge in [0.2, 0.25) is 0 Å². The molecule has 0 aliphatic rings. The van der Waals surface area contributed by atoms with Gasteiger partial charge in [0.15, 0.2) is 0 Å². The highest BCUT2D eigenvalue weighted by atomic mass is 19.1. The lowest BCUT2D eigenvalue weighted by atomic mass is 10.1. The Morgan fingerprint density at radius 2 is 2.43 bits per heavy atom. The summed E-state index contributed by atoms with van der Waals surface area (Å²) in [6, 6.07) is 1.59. The second kappa shape index (κ2) is 1.90. The Bertz CT molecular complexity index is 92.4. The maximum atomic E-state index is 11.4. The van der Waals surface area contributed by atoms with Crippen LogP contribution in [0.4, 0.5) is 4.39 Å². The standard InChI is InChI=1S/C4H7FN2/c1-4(7,2-5)3-6/h2,7H2,1H3. The quantitative estimate of drug-likeness (QED) is 0.514. The lowest BCUT2D eigenvalue weighted by Gasteiger charge is -2.06. The summed E-state index contributed by atoms with van der Waals surface area (Å²) >= 11 is 0. The summed E-state index contributed by atoms with van der Waals surface area (Å²) < 4.78 is 11.4. The summed E-state index contributed by atoms with van der Waals surface area (Å²) in [5, 5.41) is 7.98. The molecule has 0 spiro atoms. The molecule has 0 saturated heterocycles. The average molecular weight is 102 g/mol. The first kappa shape index (κ1) is 6.38.